The molecule has 0 radical (unpaired) electrons. The number of hydrogen-bond donors (Lipinski definition) is 2. The zero-order valence-electron chi connectivity index (χ0n) is 13.3. The quantitative estimate of drug-likeness (QED) is 0.873. The van der Waals surface area contributed by atoms with Crippen molar-refractivity contribution in [2.24, 2.45) is 5.41 Å². The van der Waals surface area contributed by atoms with Gasteiger partial charge in [-0.05, 0) is 33.6 Å². The Morgan fingerprint density at radius 1 is 1.41 bits per heavy atom. The molecule has 1 aromatic rings. The Hall–Kier alpha value is -1.89. The Kier molecular flexibility index (Phi) is 4.55. The van der Waals surface area contributed by atoms with Crippen LogP contribution in [0.5, 0.6) is 0 Å². The first kappa shape index (κ1) is 16.5. The summed E-state index contributed by atoms with van der Waals surface area (Å²) in [5, 5.41) is 16.4. The zero-order chi connectivity index (χ0) is 16.4. The maximum absolute atomic E-state index is 12.2. The summed E-state index contributed by atoms with van der Waals surface area (Å²) < 4.78 is 6.93. The highest BCUT2D eigenvalue weighted by Crippen LogP contribution is 2.30. The van der Waals surface area contributed by atoms with E-state index in [4.69, 9.17) is 4.74 Å². The second-order valence-electron chi connectivity index (χ2n) is 6.72. The van der Waals surface area contributed by atoms with Crippen LogP contribution in [0.4, 0.5) is 0 Å². The maximum Gasteiger partial charge on any atom is 0.311 e. The van der Waals surface area contributed by atoms with Crippen molar-refractivity contribution in [2.45, 2.75) is 39.2 Å². The fraction of sp³-hybridized carbons (Fsp3) is 0.667. The number of carbonyl (C=O) groups excluding carboxylic acids is 1. The molecule has 7 nitrogen and oxygen atoms in total. The van der Waals surface area contributed by atoms with Gasteiger partial charge in [0.1, 0.15) is 0 Å². The molecule has 0 saturated carbocycles. The van der Waals surface area contributed by atoms with Gasteiger partial charge in [-0.1, -0.05) is 0 Å². The highest BCUT2D eigenvalue weighted by Gasteiger charge is 2.40. The largest absolute Gasteiger partial charge is 0.481 e. The number of aromatic nitrogens is 2. The minimum Gasteiger partial charge on any atom is -0.481 e. The van der Waals surface area contributed by atoms with E-state index in [0.717, 1.165) is 0 Å². The summed E-state index contributed by atoms with van der Waals surface area (Å²) in [6.45, 7) is 6.88. The summed E-state index contributed by atoms with van der Waals surface area (Å²) in [5.74, 6) is -1.19. The molecule has 7 heteroatoms. The molecule has 122 valence electrons. The fourth-order valence-corrected chi connectivity index (χ4v) is 2.39. The molecule has 1 aliphatic heterocycles. The second kappa shape index (κ2) is 6.08. The maximum atomic E-state index is 12.2. The van der Waals surface area contributed by atoms with Gasteiger partial charge in [0.2, 0.25) is 0 Å². The number of ether oxygens (including phenoxy) is 1. The van der Waals surface area contributed by atoms with Crippen molar-refractivity contribution < 1.29 is 19.4 Å². The van der Waals surface area contributed by atoms with Crippen LogP contribution in [0.25, 0.3) is 0 Å². The summed E-state index contributed by atoms with van der Waals surface area (Å²) >= 11 is 0. The second-order valence-corrected chi connectivity index (χ2v) is 6.72. The highest BCUT2D eigenvalue weighted by atomic mass is 16.5. The van der Waals surface area contributed by atoms with E-state index in [1.54, 1.807) is 10.9 Å². The van der Waals surface area contributed by atoms with E-state index in [1.807, 2.05) is 20.8 Å². The lowest BCUT2D eigenvalue weighted by Crippen LogP contribution is -2.46. The number of carboxylic acids is 1. The molecule has 2 N–H and O–H groups in total. The van der Waals surface area contributed by atoms with Crippen molar-refractivity contribution in [3.05, 3.63) is 18.0 Å². The van der Waals surface area contributed by atoms with Crippen LogP contribution in [0.1, 0.15) is 44.0 Å². The summed E-state index contributed by atoms with van der Waals surface area (Å²) in [4.78, 5) is 23.7. The first-order chi connectivity index (χ1) is 10.2. The molecule has 0 aliphatic carbocycles. The number of amides is 1. The fourth-order valence-electron chi connectivity index (χ4n) is 2.39. The highest BCUT2D eigenvalue weighted by molar-refractivity contribution is 5.94. The van der Waals surface area contributed by atoms with Crippen molar-refractivity contribution in [2.75, 3.05) is 19.8 Å². The molecule has 1 amide bonds. The Balaban J connectivity index is 2.02. The van der Waals surface area contributed by atoms with Crippen LogP contribution in [0, 0.1) is 5.41 Å². The van der Waals surface area contributed by atoms with Crippen molar-refractivity contribution >= 4 is 11.9 Å². The third-order valence-corrected chi connectivity index (χ3v) is 4.02. The van der Waals surface area contributed by atoms with Crippen LogP contribution >= 0.6 is 0 Å². The van der Waals surface area contributed by atoms with Crippen molar-refractivity contribution in [1.82, 2.24) is 15.1 Å². The smallest absolute Gasteiger partial charge is 0.311 e. The zero-order valence-corrected chi connectivity index (χ0v) is 13.3. The van der Waals surface area contributed by atoms with Crippen LogP contribution in [0.2, 0.25) is 0 Å². The summed E-state index contributed by atoms with van der Waals surface area (Å²) in [6, 6.07) is 0. The molecular weight excluding hydrogens is 286 g/mol. The standard InChI is InChI=1S/C15H23N3O4/c1-14(2,3)18-9-11(8-17-18)12(19)16-10-15(13(20)21)4-6-22-7-5-15/h8-9H,4-7,10H2,1-3H3,(H,16,19)(H,20,21). The van der Waals surface area contributed by atoms with Crippen molar-refractivity contribution in [3.63, 3.8) is 0 Å². The number of nitrogens with one attached hydrogen (secondary N) is 1. The predicted octanol–water partition coefficient (Wildman–Crippen LogP) is 1.25. The molecule has 0 unspecified atom stereocenters. The number of rotatable bonds is 4. The Bertz CT molecular complexity index is 553. The van der Waals surface area contributed by atoms with Gasteiger partial charge in [-0.15, -0.1) is 0 Å². The lowest BCUT2D eigenvalue weighted by Gasteiger charge is -2.33. The molecule has 0 spiro atoms. The topological polar surface area (TPSA) is 93.5 Å². The van der Waals surface area contributed by atoms with Crippen LogP contribution in [-0.4, -0.2) is 46.5 Å². The van der Waals surface area contributed by atoms with Gasteiger partial charge in [0.05, 0.1) is 22.7 Å². The number of hydrogen-bond acceptors (Lipinski definition) is 4. The molecule has 1 saturated heterocycles. The molecule has 2 rings (SSSR count). The minimum atomic E-state index is -0.937. The van der Waals surface area contributed by atoms with Gasteiger partial charge in [-0.3, -0.25) is 14.3 Å². The van der Waals surface area contributed by atoms with Gasteiger partial charge in [0, 0.05) is 26.0 Å². The molecule has 0 aromatic carbocycles. The van der Waals surface area contributed by atoms with Crippen LogP contribution < -0.4 is 5.32 Å². The van der Waals surface area contributed by atoms with E-state index < -0.39 is 11.4 Å². The van der Waals surface area contributed by atoms with Crippen LogP contribution in [-0.2, 0) is 15.1 Å². The number of carboxylic acid groups (broad SMARTS) is 1. The Morgan fingerprint density at radius 2 is 2.05 bits per heavy atom. The van der Waals surface area contributed by atoms with Crippen molar-refractivity contribution in [3.8, 4) is 0 Å². The number of carbonyl (C=O) groups is 2. The molecule has 0 bridgehead atoms. The van der Waals surface area contributed by atoms with Gasteiger partial charge in [-0.25, -0.2) is 0 Å². The predicted molar refractivity (Wildman–Crippen MR) is 79.7 cm³/mol. The molecule has 2 heterocycles. The van der Waals surface area contributed by atoms with Crippen molar-refractivity contribution in [1.29, 1.82) is 0 Å². The van der Waals surface area contributed by atoms with E-state index in [-0.39, 0.29) is 18.0 Å². The molecule has 1 fully saturated rings. The molecule has 0 atom stereocenters. The molecule has 1 aliphatic rings. The van der Waals surface area contributed by atoms with E-state index in [2.05, 4.69) is 10.4 Å². The van der Waals surface area contributed by atoms with Gasteiger partial charge in [-0.2, -0.15) is 5.10 Å². The van der Waals surface area contributed by atoms with E-state index >= 15 is 0 Å². The normalized spacial score (nSPS) is 18.0. The Labute approximate surface area is 129 Å². The van der Waals surface area contributed by atoms with Gasteiger partial charge in [0.15, 0.2) is 0 Å². The molecule has 22 heavy (non-hydrogen) atoms. The van der Waals surface area contributed by atoms with Gasteiger partial charge >= 0.3 is 5.97 Å². The monoisotopic (exact) mass is 309 g/mol. The Morgan fingerprint density at radius 3 is 2.55 bits per heavy atom. The average Bonchev–Trinajstić information content (AvgIpc) is 2.95. The van der Waals surface area contributed by atoms with E-state index in [0.29, 0.717) is 31.6 Å². The average molecular weight is 309 g/mol. The van der Waals surface area contributed by atoms with Crippen LogP contribution in [0.15, 0.2) is 12.4 Å². The minimum absolute atomic E-state index is 0.102. The summed E-state index contributed by atoms with van der Waals surface area (Å²) in [7, 11) is 0. The molecular formula is C15H23N3O4. The third-order valence-electron chi connectivity index (χ3n) is 4.02. The van der Waals surface area contributed by atoms with Gasteiger partial charge in [0.25, 0.3) is 5.91 Å². The van der Waals surface area contributed by atoms with Gasteiger partial charge < -0.3 is 15.2 Å². The summed E-state index contributed by atoms with van der Waals surface area (Å²) in [6.07, 6.45) is 3.98. The lowest BCUT2D eigenvalue weighted by atomic mass is 9.80. The van der Waals surface area contributed by atoms with Crippen LogP contribution in [0.3, 0.4) is 0 Å². The first-order valence-corrected chi connectivity index (χ1v) is 7.39. The third kappa shape index (κ3) is 3.47. The van der Waals surface area contributed by atoms with E-state index in [9.17, 15) is 14.7 Å². The number of nitrogens with zero attached hydrogens (tertiary/aromatic N) is 2. The molecule has 1 aromatic heterocycles. The lowest BCUT2D eigenvalue weighted by molar-refractivity contribution is -0.154. The van der Waals surface area contributed by atoms with E-state index in [1.165, 1.54) is 6.20 Å². The summed E-state index contributed by atoms with van der Waals surface area (Å²) in [5.41, 5.74) is -0.711. The number of aliphatic carboxylic acids is 1. The SMILES string of the molecule is CC(C)(C)n1cc(C(=O)NCC2(C(=O)O)CCOCC2)cn1. The first-order valence-electron chi connectivity index (χ1n) is 7.39.